The van der Waals surface area contributed by atoms with Gasteiger partial charge in [0, 0.05) is 35.2 Å². The minimum Gasteiger partial charge on any atom is -0.322 e. The number of carbonyl (C=O) groups is 1. The summed E-state index contributed by atoms with van der Waals surface area (Å²) in [6, 6.07) is 8.91. The van der Waals surface area contributed by atoms with Crippen LogP contribution in [0.2, 0.25) is 0 Å². The van der Waals surface area contributed by atoms with E-state index in [0.29, 0.717) is 34.5 Å². The third-order valence-electron chi connectivity index (χ3n) is 6.36. The predicted octanol–water partition coefficient (Wildman–Crippen LogP) is 5.00. The number of hydrogen-bond donors (Lipinski definition) is 2. The van der Waals surface area contributed by atoms with E-state index >= 15 is 0 Å². The molecule has 188 valence electrons. The van der Waals surface area contributed by atoms with Crippen LogP contribution in [0.5, 0.6) is 0 Å². The van der Waals surface area contributed by atoms with Crippen LogP contribution in [-0.2, 0) is 12.6 Å². The van der Waals surface area contributed by atoms with Crippen LogP contribution in [0, 0.1) is 18.8 Å². The highest BCUT2D eigenvalue weighted by Gasteiger charge is 2.31. The number of hydrogen-bond acceptors (Lipinski definition) is 4. The van der Waals surface area contributed by atoms with E-state index in [4.69, 9.17) is 0 Å². The Morgan fingerprint density at radius 3 is 2.84 bits per heavy atom. The molecule has 3 heterocycles. The molecule has 1 saturated heterocycles. The van der Waals surface area contributed by atoms with Crippen molar-refractivity contribution in [2.45, 2.75) is 38.4 Å². The van der Waals surface area contributed by atoms with Crippen molar-refractivity contribution >= 4 is 17.2 Å². The highest BCUT2D eigenvalue weighted by Crippen LogP contribution is 2.33. The number of amides is 1. The summed E-state index contributed by atoms with van der Waals surface area (Å²) >= 11 is 0. The molecular formula is C28H24F3N5O. The largest absolute Gasteiger partial charge is 0.416 e. The molecule has 1 aliphatic heterocycles. The summed E-state index contributed by atoms with van der Waals surface area (Å²) in [7, 11) is 0. The zero-order valence-corrected chi connectivity index (χ0v) is 20.1. The molecule has 1 amide bonds. The number of imidazole rings is 1. The molecule has 0 bridgehead atoms. The molecule has 4 aromatic rings. The molecule has 0 aliphatic carbocycles. The monoisotopic (exact) mass is 503 g/mol. The molecule has 1 unspecified atom stereocenters. The van der Waals surface area contributed by atoms with Gasteiger partial charge in [0.2, 0.25) is 0 Å². The highest BCUT2D eigenvalue weighted by molar-refractivity contribution is 6.04. The number of nitrogens with zero attached hydrogens (tertiary/aromatic N) is 3. The molecule has 0 spiro atoms. The Labute approximate surface area is 212 Å². The second-order valence-electron chi connectivity index (χ2n) is 9.10. The van der Waals surface area contributed by atoms with Crippen LogP contribution in [0.25, 0.3) is 5.65 Å². The summed E-state index contributed by atoms with van der Waals surface area (Å²) < 4.78 is 42.5. The summed E-state index contributed by atoms with van der Waals surface area (Å²) in [5.41, 5.74) is 2.99. The van der Waals surface area contributed by atoms with Crippen LogP contribution in [0.4, 0.5) is 18.9 Å². The van der Waals surface area contributed by atoms with E-state index in [1.165, 1.54) is 0 Å². The summed E-state index contributed by atoms with van der Waals surface area (Å²) in [6.07, 6.45) is 4.54. The Bertz CT molecular complexity index is 1520. The lowest BCUT2D eigenvalue weighted by molar-refractivity contribution is -0.137. The Kier molecular flexibility index (Phi) is 6.68. The Morgan fingerprint density at radius 1 is 1.19 bits per heavy atom. The van der Waals surface area contributed by atoms with Crippen molar-refractivity contribution < 1.29 is 18.0 Å². The van der Waals surface area contributed by atoms with Crippen molar-refractivity contribution in [3.63, 3.8) is 0 Å². The van der Waals surface area contributed by atoms with Gasteiger partial charge < -0.3 is 10.6 Å². The number of aryl methyl sites for hydroxylation is 1. The molecule has 9 heteroatoms. The molecule has 1 aliphatic rings. The van der Waals surface area contributed by atoms with Crippen LogP contribution in [0.15, 0.2) is 61.2 Å². The molecule has 6 nitrogen and oxygen atoms in total. The van der Waals surface area contributed by atoms with Crippen molar-refractivity contribution in [2.24, 2.45) is 0 Å². The van der Waals surface area contributed by atoms with Gasteiger partial charge in [-0.15, -0.1) is 0 Å². The zero-order chi connectivity index (χ0) is 26.0. The molecule has 37 heavy (non-hydrogen) atoms. The van der Waals surface area contributed by atoms with E-state index in [-0.39, 0.29) is 11.7 Å². The normalized spacial score (nSPS) is 15.4. The summed E-state index contributed by atoms with van der Waals surface area (Å²) in [5.74, 6) is 5.64. The number of rotatable bonds is 4. The van der Waals surface area contributed by atoms with E-state index in [9.17, 15) is 18.0 Å². The number of halogens is 3. The molecule has 2 aromatic carbocycles. The van der Waals surface area contributed by atoms with Crippen LogP contribution >= 0.6 is 0 Å². The number of benzene rings is 2. The SMILES string of the molecule is Cc1ccc(C(=O)Nc2cc(CC3CCCN3)cc(C(F)(F)F)c2)cc1C#Cc1cnc2cnccn12. The summed E-state index contributed by atoms with van der Waals surface area (Å²) in [4.78, 5) is 21.3. The van der Waals surface area contributed by atoms with Gasteiger partial charge in [0.1, 0.15) is 5.69 Å². The summed E-state index contributed by atoms with van der Waals surface area (Å²) in [6.45, 7) is 2.74. The maximum atomic E-state index is 13.6. The topological polar surface area (TPSA) is 71.3 Å². The van der Waals surface area contributed by atoms with Gasteiger partial charge in [0.05, 0.1) is 18.0 Å². The van der Waals surface area contributed by atoms with Crippen LogP contribution < -0.4 is 10.6 Å². The molecular weight excluding hydrogens is 479 g/mol. The number of aromatic nitrogens is 3. The number of fused-ring (bicyclic) bond motifs is 1. The van der Waals surface area contributed by atoms with Gasteiger partial charge in [0.25, 0.3) is 5.91 Å². The van der Waals surface area contributed by atoms with Gasteiger partial charge in [0.15, 0.2) is 5.65 Å². The first-order valence-electron chi connectivity index (χ1n) is 11.9. The highest BCUT2D eigenvalue weighted by atomic mass is 19.4. The Morgan fingerprint density at radius 2 is 2.05 bits per heavy atom. The second kappa shape index (κ2) is 10.1. The standard InChI is InChI=1S/C28H24F3N5O/c1-18-4-5-21(14-20(18)6-7-25-16-34-26-17-32-9-10-36(25)26)27(37)35-24-13-19(12-23-3-2-8-33-23)11-22(15-24)28(29,30)31/h4-5,9-11,13-17,23,33H,2-3,8,12H2,1H3,(H,35,37). The lowest BCUT2D eigenvalue weighted by Gasteiger charge is -2.16. The van der Waals surface area contributed by atoms with E-state index in [1.54, 1.807) is 53.5 Å². The predicted molar refractivity (Wildman–Crippen MR) is 134 cm³/mol. The maximum Gasteiger partial charge on any atom is 0.416 e. The van der Waals surface area contributed by atoms with E-state index < -0.39 is 17.6 Å². The van der Waals surface area contributed by atoms with Gasteiger partial charge in [-0.3, -0.25) is 14.2 Å². The van der Waals surface area contributed by atoms with Gasteiger partial charge >= 0.3 is 6.18 Å². The first kappa shape index (κ1) is 24.5. The number of alkyl halides is 3. The van der Waals surface area contributed by atoms with Gasteiger partial charge in [-0.25, -0.2) is 4.98 Å². The molecule has 2 N–H and O–H groups in total. The van der Waals surface area contributed by atoms with Crippen LogP contribution in [0.3, 0.4) is 0 Å². The first-order chi connectivity index (χ1) is 17.8. The third-order valence-corrected chi connectivity index (χ3v) is 6.36. The molecule has 0 radical (unpaired) electrons. The molecule has 1 atom stereocenters. The van der Waals surface area contributed by atoms with Gasteiger partial charge in [-0.05, 0) is 80.1 Å². The number of carbonyl (C=O) groups excluding carboxylic acids is 1. The molecule has 5 rings (SSSR count). The average molecular weight is 504 g/mol. The third kappa shape index (κ3) is 5.65. The van der Waals surface area contributed by atoms with Crippen molar-refractivity contribution in [3.05, 3.63) is 94.7 Å². The first-order valence-corrected chi connectivity index (χ1v) is 11.9. The fourth-order valence-corrected chi connectivity index (χ4v) is 4.43. The fourth-order valence-electron chi connectivity index (χ4n) is 4.43. The van der Waals surface area contributed by atoms with Gasteiger partial charge in [-0.1, -0.05) is 12.0 Å². The van der Waals surface area contributed by atoms with Crippen LogP contribution in [0.1, 0.15) is 51.1 Å². The van der Waals surface area contributed by atoms with Crippen molar-refractivity contribution in [1.82, 2.24) is 19.7 Å². The maximum absolute atomic E-state index is 13.6. The lowest BCUT2D eigenvalue weighted by Crippen LogP contribution is -2.24. The Balaban J connectivity index is 1.40. The second-order valence-corrected chi connectivity index (χ2v) is 9.10. The number of anilines is 1. The smallest absolute Gasteiger partial charge is 0.322 e. The fraction of sp³-hybridized carbons (Fsp3) is 0.250. The van der Waals surface area contributed by atoms with Crippen molar-refractivity contribution in [2.75, 3.05) is 11.9 Å². The molecule has 0 saturated carbocycles. The minimum absolute atomic E-state index is 0.111. The Hall–Kier alpha value is -4.16. The quantitative estimate of drug-likeness (QED) is 0.385. The summed E-state index contributed by atoms with van der Waals surface area (Å²) in [5, 5.41) is 5.95. The van der Waals surface area contributed by atoms with E-state index in [2.05, 4.69) is 32.4 Å². The zero-order valence-electron chi connectivity index (χ0n) is 20.1. The van der Waals surface area contributed by atoms with E-state index in [1.807, 2.05) is 6.92 Å². The number of nitrogens with one attached hydrogen (secondary N) is 2. The average Bonchev–Trinajstić information content (AvgIpc) is 3.53. The van der Waals surface area contributed by atoms with Crippen molar-refractivity contribution in [3.8, 4) is 11.8 Å². The molecule has 2 aromatic heterocycles. The molecule has 1 fully saturated rings. The van der Waals surface area contributed by atoms with Crippen LogP contribution in [-0.4, -0.2) is 32.9 Å². The van der Waals surface area contributed by atoms with Gasteiger partial charge in [-0.2, -0.15) is 13.2 Å². The van der Waals surface area contributed by atoms with E-state index in [0.717, 1.165) is 37.1 Å². The van der Waals surface area contributed by atoms with Crippen molar-refractivity contribution in [1.29, 1.82) is 0 Å². The minimum atomic E-state index is -4.51. The lowest BCUT2D eigenvalue weighted by atomic mass is 10.0.